The van der Waals surface area contributed by atoms with E-state index in [1.165, 1.54) is 48.7 Å². The zero-order chi connectivity index (χ0) is 30.5. The topological polar surface area (TPSA) is 38.7 Å². The summed E-state index contributed by atoms with van der Waals surface area (Å²) in [6, 6.07) is 57.6. The van der Waals surface area contributed by atoms with Crippen LogP contribution in [0.4, 0.5) is 0 Å². The SMILES string of the molecule is c1ccc(-c2nc(-c3ccccc3)nc(-c3ccc(-c4ccc5c(c4)c4ccccc4c4ccc6ccccc6c45)cc3)n2)cc1. The summed E-state index contributed by atoms with van der Waals surface area (Å²) in [5.74, 6) is 1.98. The van der Waals surface area contributed by atoms with Crippen molar-refractivity contribution >= 4 is 43.1 Å². The molecule has 214 valence electrons. The first kappa shape index (κ1) is 26.2. The number of benzene rings is 8. The highest BCUT2D eigenvalue weighted by Crippen LogP contribution is 2.40. The maximum Gasteiger partial charge on any atom is 0.164 e. The van der Waals surface area contributed by atoms with Crippen molar-refractivity contribution in [3.63, 3.8) is 0 Å². The Morgan fingerprint density at radius 3 is 1.33 bits per heavy atom. The average molecular weight is 586 g/mol. The minimum Gasteiger partial charge on any atom is -0.208 e. The number of hydrogen-bond donors (Lipinski definition) is 0. The van der Waals surface area contributed by atoms with Crippen LogP contribution >= 0.6 is 0 Å². The molecule has 0 aliphatic heterocycles. The van der Waals surface area contributed by atoms with Gasteiger partial charge >= 0.3 is 0 Å². The van der Waals surface area contributed by atoms with Crippen LogP contribution in [0.2, 0.25) is 0 Å². The first-order valence-corrected chi connectivity index (χ1v) is 15.5. The second kappa shape index (κ2) is 10.8. The highest BCUT2D eigenvalue weighted by molar-refractivity contribution is 6.31. The molecule has 9 aromatic rings. The van der Waals surface area contributed by atoms with Gasteiger partial charge in [0.05, 0.1) is 0 Å². The summed E-state index contributed by atoms with van der Waals surface area (Å²) >= 11 is 0. The summed E-state index contributed by atoms with van der Waals surface area (Å²) in [6.45, 7) is 0. The summed E-state index contributed by atoms with van der Waals surface area (Å²) in [6.07, 6.45) is 0. The minimum absolute atomic E-state index is 0.655. The van der Waals surface area contributed by atoms with E-state index in [-0.39, 0.29) is 0 Å². The average Bonchev–Trinajstić information content (AvgIpc) is 3.15. The normalized spacial score (nSPS) is 11.5. The molecule has 0 N–H and O–H groups in total. The van der Waals surface area contributed by atoms with Crippen molar-refractivity contribution in [3.8, 4) is 45.3 Å². The quantitative estimate of drug-likeness (QED) is 0.193. The lowest BCUT2D eigenvalue weighted by molar-refractivity contribution is 1.07. The summed E-state index contributed by atoms with van der Waals surface area (Å²) in [5, 5.41) is 10.2. The van der Waals surface area contributed by atoms with Gasteiger partial charge in [-0.15, -0.1) is 0 Å². The lowest BCUT2D eigenvalue weighted by Gasteiger charge is -2.14. The second-order valence-electron chi connectivity index (χ2n) is 11.6. The third-order valence-corrected chi connectivity index (χ3v) is 8.90. The molecule has 3 nitrogen and oxygen atoms in total. The number of rotatable bonds is 4. The van der Waals surface area contributed by atoms with E-state index in [2.05, 4.69) is 103 Å². The summed E-state index contributed by atoms with van der Waals surface area (Å²) < 4.78 is 0. The summed E-state index contributed by atoms with van der Waals surface area (Å²) in [4.78, 5) is 14.7. The number of nitrogens with zero attached hydrogens (tertiary/aromatic N) is 3. The van der Waals surface area contributed by atoms with Gasteiger partial charge in [-0.2, -0.15) is 0 Å². The van der Waals surface area contributed by atoms with Gasteiger partial charge in [0.1, 0.15) is 0 Å². The molecule has 1 heterocycles. The molecule has 0 saturated heterocycles. The van der Waals surface area contributed by atoms with Crippen molar-refractivity contribution in [3.05, 3.63) is 164 Å². The molecule has 1 aromatic heterocycles. The Balaban J connectivity index is 1.18. The molecule has 0 aliphatic rings. The van der Waals surface area contributed by atoms with Crippen LogP contribution in [0, 0.1) is 0 Å². The van der Waals surface area contributed by atoms with Crippen molar-refractivity contribution < 1.29 is 0 Å². The van der Waals surface area contributed by atoms with E-state index in [9.17, 15) is 0 Å². The molecule has 0 unspecified atom stereocenters. The van der Waals surface area contributed by atoms with Gasteiger partial charge < -0.3 is 0 Å². The fourth-order valence-corrected chi connectivity index (χ4v) is 6.65. The highest BCUT2D eigenvalue weighted by atomic mass is 15.0. The van der Waals surface area contributed by atoms with Crippen LogP contribution in [-0.4, -0.2) is 15.0 Å². The highest BCUT2D eigenvalue weighted by Gasteiger charge is 2.14. The first-order valence-electron chi connectivity index (χ1n) is 15.5. The van der Waals surface area contributed by atoms with Gasteiger partial charge in [0, 0.05) is 16.7 Å². The van der Waals surface area contributed by atoms with Gasteiger partial charge in [0.15, 0.2) is 17.5 Å². The van der Waals surface area contributed by atoms with Gasteiger partial charge in [-0.3, -0.25) is 0 Å². The van der Waals surface area contributed by atoms with E-state index >= 15 is 0 Å². The van der Waals surface area contributed by atoms with Crippen molar-refractivity contribution in [1.82, 2.24) is 15.0 Å². The maximum absolute atomic E-state index is 4.91. The van der Waals surface area contributed by atoms with Crippen molar-refractivity contribution in [2.45, 2.75) is 0 Å². The lowest BCUT2D eigenvalue weighted by Crippen LogP contribution is -2.00. The predicted octanol–water partition coefficient (Wildman–Crippen LogP) is 11.2. The molecule has 8 aromatic carbocycles. The molecule has 0 atom stereocenters. The molecule has 0 amide bonds. The van der Waals surface area contributed by atoms with Gasteiger partial charge in [0.25, 0.3) is 0 Å². The van der Waals surface area contributed by atoms with E-state index in [1.807, 2.05) is 60.7 Å². The smallest absolute Gasteiger partial charge is 0.164 e. The van der Waals surface area contributed by atoms with E-state index in [1.54, 1.807) is 0 Å². The van der Waals surface area contributed by atoms with Crippen LogP contribution in [-0.2, 0) is 0 Å². The van der Waals surface area contributed by atoms with Gasteiger partial charge in [-0.1, -0.05) is 158 Å². The van der Waals surface area contributed by atoms with Crippen molar-refractivity contribution in [2.24, 2.45) is 0 Å². The third-order valence-electron chi connectivity index (χ3n) is 8.90. The molecule has 9 rings (SSSR count). The maximum atomic E-state index is 4.91. The van der Waals surface area contributed by atoms with E-state index in [0.717, 1.165) is 22.3 Å². The van der Waals surface area contributed by atoms with Crippen LogP contribution in [0.25, 0.3) is 88.4 Å². The molecule has 0 saturated carbocycles. The van der Waals surface area contributed by atoms with Gasteiger partial charge in [-0.25, -0.2) is 15.0 Å². The summed E-state index contributed by atoms with van der Waals surface area (Å²) in [5.41, 5.74) is 5.19. The largest absolute Gasteiger partial charge is 0.208 e. The molecular formula is C43H27N3. The van der Waals surface area contributed by atoms with Crippen LogP contribution in [0.15, 0.2) is 164 Å². The molecule has 0 fully saturated rings. The Morgan fingerprint density at radius 1 is 0.261 bits per heavy atom. The zero-order valence-electron chi connectivity index (χ0n) is 24.9. The molecular weight excluding hydrogens is 558 g/mol. The van der Waals surface area contributed by atoms with E-state index < -0.39 is 0 Å². The van der Waals surface area contributed by atoms with Gasteiger partial charge in [0.2, 0.25) is 0 Å². The monoisotopic (exact) mass is 585 g/mol. The number of fused-ring (bicyclic) bond motifs is 8. The molecule has 0 radical (unpaired) electrons. The number of aromatic nitrogens is 3. The molecule has 0 aliphatic carbocycles. The summed E-state index contributed by atoms with van der Waals surface area (Å²) in [7, 11) is 0. The Hall–Kier alpha value is -6.19. The second-order valence-corrected chi connectivity index (χ2v) is 11.6. The van der Waals surface area contributed by atoms with Crippen LogP contribution in [0.3, 0.4) is 0 Å². The molecule has 46 heavy (non-hydrogen) atoms. The number of hydrogen-bond acceptors (Lipinski definition) is 3. The first-order chi connectivity index (χ1) is 22.8. The Morgan fingerprint density at radius 2 is 0.696 bits per heavy atom. The predicted molar refractivity (Wildman–Crippen MR) is 192 cm³/mol. The minimum atomic E-state index is 0.655. The van der Waals surface area contributed by atoms with E-state index in [0.29, 0.717) is 17.5 Å². The standard InChI is InChI=1S/C43H27N3/c1-3-12-30(13-4-1)41-44-42(31-14-5-2-6-15-31)46-43(45-41)32-21-19-28(20-22-32)33-24-26-38-39(27-33)36-18-10-9-17-35(36)37-25-23-29-11-7-8-16-34(29)40(37)38/h1-27H. The lowest BCUT2D eigenvalue weighted by atomic mass is 9.89. The molecule has 0 bridgehead atoms. The van der Waals surface area contributed by atoms with Crippen LogP contribution in [0.5, 0.6) is 0 Å². The molecule has 3 heteroatoms. The van der Waals surface area contributed by atoms with Crippen LogP contribution < -0.4 is 0 Å². The van der Waals surface area contributed by atoms with Crippen molar-refractivity contribution in [2.75, 3.05) is 0 Å². The van der Waals surface area contributed by atoms with Crippen molar-refractivity contribution in [1.29, 1.82) is 0 Å². The fraction of sp³-hybridized carbons (Fsp3) is 0. The Kier molecular flexibility index (Phi) is 6.14. The van der Waals surface area contributed by atoms with Gasteiger partial charge in [-0.05, 0) is 60.3 Å². The zero-order valence-corrected chi connectivity index (χ0v) is 24.9. The fourth-order valence-electron chi connectivity index (χ4n) is 6.65. The Labute approximate surface area is 266 Å². The molecule has 0 spiro atoms. The Bertz CT molecular complexity index is 2500. The third kappa shape index (κ3) is 4.41. The van der Waals surface area contributed by atoms with E-state index in [4.69, 9.17) is 15.0 Å². The van der Waals surface area contributed by atoms with Crippen LogP contribution in [0.1, 0.15) is 0 Å².